The Bertz CT molecular complexity index is 602. The molecule has 0 aliphatic carbocycles. The van der Waals surface area contributed by atoms with Crippen molar-refractivity contribution >= 4 is 23.7 Å². The molecule has 0 spiro atoms. The van der Waals surface area contributed by atoms with Crippen molar-refractivity contribution in [1.29, 1.82) is 0 Å². The van der Waals surface area contributed by atoms with Crippen molar-refractivity contribution in [2.75, 3.05) is 5.32 Å². The second-order valence-corrected chi connectivity index (χ2v) is 5.73. The Morgan fingerprint density at radius 3 is 2.22 bits per heavy atom. The Morgan fingerprint density at radius 1 is 1.22 bits per heavy atom. The number of carboxylic acid groups (broad SMARTS) is 1. The molecule has 1 rings (SSSR count). The number of alkyl carbamates (subject to hydrolysis) is 1. The van der Waals surface area contributed by atoms with Gasteiger partial charge in [0.25, 0.3) is 0 Å². The van der Waals surface area contributed by atoms with Crippen LogP contribution in [0.4, 0.5) is 10.5 Å². The number of carbonyl (C=O) groups excluding carboxylic acids is 2. The van der Waals surface area contributed by atoms with Gasteiger partial charge in [-0.05, 0) is 44.5 Å². The maximum atomic E-state index is 11.7. The van der Waals surface area contributed by atoms with E-state index in [1.807, 2.05) is 0 Å². The minimum atomic E-state index is -1.26. The number of nitrogens with one attached hydrogen (secondary N) is 2. The van der Waals surface area contributed by atoms with Crippen molar-refractivity contribution in [2.45, 2.75) is 32.4 Å². The van der Waals surface area contributed by atoms with Crippen molar-refractivity contribution in [3.8, 4) is 0 Å². The summed E-state index contributed by atoms with van der Waals surface area (Å²) < 4.78 is 5.05. The molecule has 0 aliphatic heterocycles. The van der Waals surface area contributed by atoms with E-state index in [0.717, 1.165) is 6.08 Å². The van der Waals surface area contributed by atoms with Gasteiger partial charge in [-0.25, -0.2) is 9.59 Å². The highest BCUT2D eigenvalue weighted by molar-refractivity contribution is 5.98. The maximum absolute atomic E-state index is 11.7. The van der Waals surface area contributed by atoms with Gasteiger partial charge in [0.05, 0.1) is 0 Å². The third-order valence-corrected chi connectivity index (χ3v) is 2.60. The zero-order valence-corrected chi connectivity index (χ0v) is 13.3. The molecule has 0 radical (unpaired) electrons. The lowest BCUT2D eigenvalue weighted by molar-refractivity contribution is -0.139. The minimum absolute atomic E-state index is 0.347. The molecule has 0 heterocycles. The van der Waals surface area contributed by atoms with Crippen LogP contribution in [0.15, 0.2) is 36.9 Å². The lowest BCUT2D eigenvalue weighted by Gasteiger charge is -2.22. The van der Waals surface area contributed by atoms with Crippen molar-refractivity contribution in [2.24, 2.45) is 0 Å². The molecule has 0 bridgehead atoms. The van der Waals surface area contributed by atoms with Crippen LogP contribution < -0.4 is 10.6 Å². The van der Waals surface area contributed by atoms with Crippen LogP contribution in [0.3, 0.4) is 0 Å². The molecule has 0 aliphatic rings. The highest BCUT2D eigenvalue weighted by atomic mass is 16.6. The molecule has 124 valence electrons. The quantitative estimate of drug-likeness (QED) is 0.723. The predicted molar refractivity (Wildman–Crippen MR) is 85.0 cm³/mol. The number of anilines is 1. The van der Waals surface area contributed by atoms with Crippen LogP contribution in [0.1, 0.15) is 32.4 Å². The Kier molecular flexibility index (Phi) is 5.89. The monoisotopic (exact) mass is 320 g/mol. The minimum Gasteiger partial charge on any atom is -0.479 e. The number of rotatable bonds is 5. The Labute approximate surface area is 134 Å². The fourth-order valence-electron chi connectivity index (χ4n) is 1.67. The third-order valence-electron chi connectivity index (χ3n) is 2.60. The number of aliphatic carboxylic acids is 1. The fourth-order valence-corrected chi connectivity index (χ4v) is 1.67. The highest BCUT2D eigenvalue weighted by Crippen LogP contribution is 2.18. The molecular formula is C16H20N2O5. The maximum Gasteiger partial charge on any atom is 0.408 e. The first kappa shape index (κ1) is 18.2. The number of benzene rings is 1. The largest absolute Gasteiger partial charge is 0.479 e. The summed E-state index contributed by atoms with van der Waals surface area (Å²) in [6.07, 6.45) is 0.298. The number of carbonyl (C=O) groups is 3. The van der Waals surface area contributed by atoms with E-state index in [4.69, 9.17) is 4.74 Å². The molecule has 2 amide bonds. The van der Waals surface area contributed by atoms with E-state index < -0.39 is 23.7 Å². The van der Waals surface area contributed by atoms with E-state index in [1.54, 1.807) is 20.8 Å². The average molecular weight is 320 g/mol. The smallest absolute Gasteiger partial charge is 0.408 e. The summed E-state index contributed by atoms with van der Waals surface area (Å²) >= 11 is 0. The van der Waals surface area contributed by atoms with E-state index in [2.05, 4.69) is 17.2 Å². The summed E-state index contributed by atoms with van der Waals surface area (Å²) in [5.41, 5.74) is 0.103. The van der Waals surface area contributed by atoms with Gasteiger partial charge in [-0.3, -0.25) is 4.79 Å². The SMILES string of the molecule is C=CC(=O)Nc1ccc([C@H](NC(=O)OC(C)(C)C)C(=O)O)cc1. The van der Waals surface area contributed by atoms with E-state index in [9.17, 15) is 19.5 Å². The topological polar surface area (TPSA) is 105 Å². The van der Waals surface area contributed by atoms with Gasteiger partial charge in [-0.2, -0.15) is 0 Å². The van der Waals surface area contributed by atoms with Gasteiger partial charge in [0.2, 0.25) is 5.91 Å². The summed E-state index contributed by atoms with van der Waals surface area (Å²) in [5.74, 6) is -1.60. The number of ether oxygens (including phenoxy) is 1. The highest BCUT2D eigenvalue weighted by Gasteiger charge is 2.25. The van der Waals surface area contributed by atoms with Crippen molar-refractivity contribution in [3.63, 3.8) is 0 Å². The van der Waals surface area contributed by atoms with Crippen LogP contribution in [-0.2, 0) is 14.3 Å². The molecule has 0 saturated carbocycles. The normalized spacial score (nSPS) is 12.0. The summed E-state index contributed by atoms with van der Waals surface area (Å²) in [4.78, 5) is 34.3. The predicted octanol–water partition coefficient (Wildman–Crippen LogP) is 2.46. The lowest BCUT2D eigenvalue weighted by atomic mass is 10.1. The second-order valence-electron chi connectivity index (χ2n) is 5.73. The molecule has 0 fully saturated rings. The van der Waals surface area contributed by atoms with Crippen LogP contribution in [0.5, 0.6) is 0 Å². The molecule has 3 N–H and O–H groups in total. The van der Waals surface area contributed by atoms with Gasteiger partial charge in [-0.1, -0.05) is 18.7 Å². The molecule has 0 aromatic heterocycles. The molecule has 23 heavy (non-hydrogen) atoms. The standard InChI is InChI=1S/C16H20N2O5/c1-5-12(19)17-11-8-6-10(7-9-11)13(14(20)21)18-15(22)23-16(2,3)4/h5-9,13H,1H2,2-4H3,(H,17,19)(H,18,22)(H,20,21)/t13-/m0/s1. The van der Waals surface area contributed by atoms with E-state index in [0.29, 0.717) is 11.3 Å². The summed E-state index contributed by atoms with van der Waals surface area (Å²) in [7, 11) is 0. The summed E-state index contributed by atoms with van der Waals surface area (Å²) in [5, 5.41) is 14.1. The second kappa shape index (κ2) is 7.44. The number of amides is 2. The van der Waals surface area contributed by atoms with Crippen molar-refractivity contribution < 1.29 is 24.2 Å². The van der Waals surface area contributed by atoms with Gasteiger partial charge in [0.15, 0.2) is 6.04 Å². The summed E-state index contributed by atoms with van der Waals surface area (Å²) in [6, 6.07) is 4.80. The van der Waals surface area contributed by atoms with Crippen LogP contribution in [0.2, 0.25) is 0 Å². The molecule has 0 unspecified atom stereocenters. The molecular weight excluding hydrogens is 300 g/mol. The van der Waals surface area contributed by atoms with Gasteiger partial charge < -0.3 is 20.5 Å². The van der Waals surface area contributed by atoms with E-state index >= 15 is 0 Å². The van der Waals surface area contributed by atoms with Crippen LogP contribution in [-0.4, -0.2) is 28.7 Å². The van der Waals surface area contributed by atoms with Crippen LogP contribution in [0, 0.1) is 0 Å². The zero-order valence-electron chi connectivity index (χ0n) is 13.3. The first-order valence-corrected chi connectivity index (χ1v) is 6.88. The number of hydrogen-bond donors (Lipinski definition) is 3. The van der Waals surface area contributed by atoms with Gasteiger partial charge in [0, 0.05) is 5.69 Å². The number of hydrogen-bond acceptors (Lipinski definition) is 4. The van der Waals surface area contributed by atoms with Gasteiger partial charge in [-0.15, -0.1) is 0 Å². The Hall–Kier alpha value is -2.83. The Balaban J connectivity index is 2.85. The van der Waals surface area contributed by atoms with Gasteiger partial charge >= 0.3 is 12.1 Å². The first-order chi connectivity index (χ1) is 10.6. The third kappa shape index (κ3) is 6.21. The van der Waals surface area contributed by atoms with Gasteiger partial charge in [0.1, 0.15) is 5.60 Å². The molecule has 7 heteroatoms. The first-order valence-electron chi connectivity index (χ1n) is 6.88. The zero-order chi connectivity index (χ0) is 17.6. The molecule has 0 saturated heterocycles. The molecule has 1 aromatic carbocycles. The Morgan fingerprint density at radius 2 is 1.78 bits per heavy atom. The lowest BCUT2D eigenvalue weighted by Crippen LogP contribution is -2.38. The van der Waals surface area contributed by atoms with E-state index in [-0.39, 0.29) is 5.91 Å². The van der Waals surface area contributed by atoms with Crippen LogP contribution >= 0.6 is 0 Å². The average Bonchev–Trinajstić information content (AvgIpc) is 2.43. The molecule has 7 nitrogen and oxygen atoms in total. The fraction of sp³-hybridized carbons (Fsp3) is 0.312. The van der Waals surface area contributed by atoms with Crippen LogP contribution in [0.25, 0.3) is 0 Å². The van der Waals surface area contributed by atoms with Crippen molar-refractivity contribution in [1.82, 2.24) is 5.32 Å². The number of carboxylic acids is 1. The van der Waals surface area contributed by atoms with E-state index in [1.165, 1.54) is 24.3 Å². The molecule has 1 aromatic rings. The summed E-state index contributed by atoms with van der Waals surface area (Å²) in [6.45, 7) is 8.38. The van der Waals surface area contributed by atoms with Crippen molar-refractivity contribution in [3.05, 3.63) is 42.5 Å². The molecule has 1 atom stereocenters.